The summed E-state index contributed by atoms with van der Waals surface area (Å²) >= 11 is 0. The second-order valence-corrected chi connectivity index (χ2v) is 6.19. The highest BCUT2D eigenvalue weighted by atomic mass is 16.5. The molecule has 1 aromatic rings. The molecule has 0 saturated heterocycles. The van der Waals surface area contributed by atoms with Crippen LogP contribution in [0.3, 0.4) is 0 Å². The van der Waals surface area contributed by atoms with Gasteiger partial charge >= 0.3 is 0 Å². The molecule has 1 saturated carbocycles. The Balaban J connectivity index is 2.45. The molecule has 0 unspecified atom stereocenters. The third-order valence-corrected chi connectivity index (χ3v) is 4.18. The van der Waals surface area contributed by atoms with Gasteiger partial charge in [-0.15, -0.1) is 0 Å². The van der Waals surface area contributed by atoms with Gasteiger partial charge in [-0.1, -0.05) is 13.8 Å². The van der Waals surface area contributed by atoms with Crippen molar-refractivity contribution < 1.29 is 19.0 Å². The number of methoxy groups -OCH3 is 3. The lowest BCUT2D eigenvalue weighted by Crippen LogP contribution is -2.29. The zero-order valence-electron chi connectivity index (χ0n) is 14.0. The SMILES string of the molecule is COc1cc(/C=C2/CCCC(C)(C)C2=O)cc(OC)c1OC. The molecular formula is C18H24O4. The van der Waals surface area contributed by atoms with E-state index < -0.39 is 0 Å². The maximum atomic E-state index is 12.5. The van der Waals surface area contributed by atoms with Crippen LogP contribution < -0.4 is 14.2 Å². The fourth-order valence-electron chi connectivity index (χ4n) is 2.91. The maximum Gasteiger partial charge on any atom is 0.203 e. The number of benzene rings is 1. The fourth-order valence-corrected chi connectivity index (χ4v) is 2.91. The second kappa shape index (κ2) is 6.42. The fraction of sp³-hybridized carbons (Fsp3) is 0.500. The molecule has 0 amide bonds. The van der Waals surface area contributed by atoms with Crippen LogP contribution in [0.2, 0.25) is 0 Å². The Kier molecular flexibility index (Phi) is 4.79. The summed E-state index contributed by atoms with van der Waals surface area (Å²) in [5.74, 6) is 1.97. The first kappa shape index (κ1) is 16.4. The molecule has 0 heterocycles. The largest absolute Gasteiger partial charge is 0.493 e. The molecule has 1 aliphatic rings. The van der Waals surface area contributed by atoms with E-state index in [1.807, 2.05) is 32.1 Å². The average molecular weight is 304 g/mol. The number of ether oxygens (including phenoxy) is 3. The highest BCUT2D eigenvalue weighted by molar-refractivity contribution is 6.03. The number of carbonyl (C=O) groups excluding carboxylic acids is 1. The number of carbonyl (C=O) groups is 1. The Morgan fingerprint density at radius 1 is 1.05 bits per heavy atom. The van der Waals surface area contributed by atoms with Gasteiger partial charge in [-0.25, -0.2) is 0 Å². The van der Waals surface area contributed by atoms with E-state index in [1.165, 1.54) is 0 Å². The van der Waals surface area contributed by atoms with Crippen molar-refractivity contribution >= 4 is 11.9 Å². The summed E-state index contributed by atoms with van der Waals surface area (Å²) in [6.07, 6.45) is 4.74. The summed E-state index contributed by atoms with van der Waals surface area (Å²) in [7, 11) is 4.75. The predicted octanol–water partition coefficient (Wildman–Crippen LogP) is 3.88. The first-order valence-corrected chi connectivity index (χ1v) is 7.48. The Morgan fingerprint density at radius 2 is 1.64 bits per heavy atom. The molecule has 0 atom stereocenters. The highest BCUT2D eigenvalue weighted by Crippen LogP contribution is 2.40. The van der Waals surface area contributed by atoms with Gasteiger partial charge in [-0.3, -0.25) is 4.79 Å². The zero-order valence-corrected chi connectivity index (χ0v) is 14.0. The molecule has 0 spiro atoms. The zero-order chi connectivity index (χ0) is 16.3. The minimum Gasteiger partial charge on any atom is -0.493 e. The quantitative estimate of drug-likeness (QED) is 0.792. The van der Waals surface area contributed by atoms with Gasteiger partial charge in [0.2, 0.25) is 5.75 Å². The van der Waals surface area contributed by atoms with Gasteiger partial charge in [0.15, 0.2) is 17.3 Å². The minimum absolute atomic E-state index is 0.229. The van der Waals surface area contributed by atoms with Gasteiger partial charge in [-0.2, -0.15) is 0 Å². The lowest BCUT2D eigenvalue weighted by atomic mass is 9.73. The molecule has 1 aromatic carbocycles. The third-order valence-electron chi connectivity index (χ3n) is 4.18. The topological polar surface area (TPSA) is 44.8 Å². The minimum atomic E-state index is -0.273. The molecule has 4 nitrogen and oxygen atoms in total. The maximum absolute atomic E-state index is 12.5. The number of allylic oxidation sites excluding steroid dienone is 1. The Morgan fingerprint density at radius 3 is 2.14 bits per heavy atom. The van der Waals surface area contributed by atoms with Crippen LogP contribution in [0.25, 0.3) is 6.08 Å². The molecule has 0 N–H and O–H groups in total. The summed E-state index contributed by atoms with van der Waals surface area (Å²) in [6.45, 7) is 4.02. The smallest absolute Gasteiger partial charge is 0.203 e. The first-order valence-electron chi connectivity index (χ1n) is 7.48. The number of hydrogen-bond donors (Lipinski definition) is 0. The second-order valence-electron chi connectivity index (χ2n) is 6.19. The van der Waals surface area contributed by atoms with Gasteiger partial charge in [0.05, 0.1) is 21.3 Å². The molecule has 22 heavy (non-hydrogen) atoms. The van der Waals surface area contributed by atoms with Crippen LogP contribution in [0.1, 0.15) is 38.7 Å². The van der Waals surface area contributed by atoms with Gasteiger partial charge in [0, 0.05) is 5.41 Å². The predicted molar refractivity (Wildman–Crippen MR) is 86.7 cm³/mol. The molecule has 0 bridgehead atoms. The molecule has 0 aromatic heterocycles. The van der Waals surface area contributed by atoms with Crippen molar-refractivity contribution in [3.8, 4) is 17.2 Å². The standard InChI is InChI=1S/C18H24O4/c1-18(2)8-6-7-13(17(18)19)9-12-10-14(20-3)16(22-5)15(11-12)21-4/h9-11H,6-8H2,1-5H3/b13-9-. The van der Waals surface area contributed by atoms with Gasteiger partial charge < -0.3 is 14.2 Å². The van der Waals surface area contributed by atoms with Crippen LogP contribution in [0, 0.1) is 5.41 Å². The highest BCUT2D eigenvalue weighted by Gasteiger charge is 2.33. The van der Waals surface area contributed by atoms with E-state index in [2.05, 4.69) is 0 Å². The van der Waals surface area contributed by atoms with Crippen molar-refractivity contribution in [3.63, 3.8) is 0 Å². The van der Waals surface area contributed by atoms with E-state index in [9.17, 15) is 4.79 Å². The van der Waals surface area contributed by atoms with Gasteiger partial charge in [-0.05, 0) is 48.6 Å². The van der Waals surface area contributed by atoms with Crippen molar-refractivity contribution in [1.82, 2.24) is 0 Å². The monoisotopic (exact) mass is 304 g/mol. The summed E-state index contributed by atoms with van der Waals surface area (Å²) in [6, 6.07) is 3.73. The van der Waals surface area contributed by atoms with Crippen molar-refractivity contribution in [2.45, 2.75) is 33.1 Å². The van der Waals surface area contributed by atoms with Gasteiger partial charge in [0.1, 0.15) is 0 Å². The van der Waals surface area contributed by atoms with Crippen LogP contribution >= 0.6 is 0 Å². The molecule has 1 fully saturated rings. The van der Waals surface area contributed by atoms with Crippen molar-refractivity contribution in [2.75, 3.05) is 21.3 Å². The van der Waals surface area contributed by atoms with E-state index in [1.54, 1.807) is 21.3 Å². The van der Waals surface area contributed by atoms with Crippen LogP contribution in [-0.4, -0.2) is 27.1 Å². The van der Waals surface area contributed by atoms with Crippen LogP contribution in [0.5, 0.6) is 17.2 Å². The molecule has 0 radical (unpaired) electrons. The van der Waals surface area contributed by atoms with E-state index >= 15 is 0 Å². The average Bonchev–Trinajstić information content (AvgIpc) is 2.50. The molecule has 1 aliphatic carbocycles. The normalized spacial score (nSPS) is 19.1. The summed E-state index contributed by atoms with van der Waals surface area (Å²) in [5, 5.41) is 0. The number of hydrogen-bond acceptors (Lipinski definition) is 4. The van der Waals surface area contributed by atoms with Crippen LogP contribution in [0.15, 0.2) is 17.7 Å². The lowest BCUT2D eigenvalue weighted by Gasteiger charge is -2.29. The molecular weight excluding hydrogens is 280 g/mol. The van der Waals surface area contributed by atoms with Crippen LogP contribution in [-0.2, 0) is 4.79 Å². The van der Waals surface area contributed by atoms with E-state index in [-0.39, 0.29) is 11.2 Å². The Hall–Kier alpha value is -1.97. The third kappa shape index (κ3) is 3.11. The van der Waals surface area contributed by atoms with Crippen molar-refractivity contribution in [3.05, 3.63) is 23.3 Å². The van der Waals surface area contributed by atoms with E-state index in [0.717, 1.165) is 30.4 Å². The molecule has 2 rings (SSSR count). The Labute approximate surface area is 132 Å². The van der Waals surface area contributed by atoms with Crippen LogP contribution in [0.4, 0.5) is 0 Å². The summed E-state index contributed by atoms with van der Waals surface area (Å²) < 4.78 is 16.0. The number of Topliss-reactive ketones (excluding diaryl/α,β-unsaturated/α-hetero) is 1. The summed E-state index contributed by atoms with van der Waals surface area (Å²) in [4.78, 5) is 12.5. The number of rotatable bonds is 4. The van der Waals surface area contributed by atoms with Crippen molar-refractivity contribution in [2.24, 2.45) is 5.41 Å². The van der Waals surface area contributed by atoms with Gasteiger partial charge in [0.25, 0.3) is 0 Å². The van der Waals surface area contributed by atoms with E-state index in [0.29, 0.717) is 17.2 Å². The molecule has 120 valence electrons. The lowest BCUT2D eigenvalue weighted by molar-refractivity contribution is -0.124. The van der Waals surface area contributed by atoms with E-state index in [4.69, 9.17) is 14.2 Å². The first-order chi connectivity index (χ1) is 10.4. The molecule has 0 aliphatic heterocycles. The summed E-state index contributed by atoms with van der Waals surface area (Å²) in [5.41, 5.74) is 1.48. The van der Waals surface area contributed by atoms with Crippen molar-refractivity contribution in [1.29, 1.82) is 0 Å². The number of ketones is 1. The Bertz CT molecular complexity index is 574. The molecule has 4 heteroatoms.